The summed E-state index contributed by atoms with van der Waals surface area (Å²) in [4.78, 5) is 16.3. The zero-order valence-corrected chi connectivity index (χ0v) is 24.7. The molecule has 2 aliphatic rings. The molecule has 0 spiro atoms. The lowest BCUT2D eigenvalue weighted by Gasteiger charge is -2.27. The van der Waals surface area contributed by atoms with Crippen molar-refractivity contribution in [1.82, 2.24) is 19.7 Å². The first-order valence-corrected chi connectivity index (χ1v) is 14.9. The van der Waals surface area contributed by atoms with Crippen molar-refractivity contribution >= 4 is 25.1 Å². The van der Waals surface area contributed by atoms with E-state index in [2.05, 4.69) is 35.9 Å². The maximum atomic E-state index is 14.1. The molecule has 1 aromatic carbocycles. The molecule has 1 aliphatic carbocycles. The van der Waals surface area contributed by atoms with Crippen molar-refractivity contribution < 1.29 is 38.1 Å². The van der Waals surface area contributed by atoms with E-state index in [1.54, 1.807) is 31.2 Å². The number of nitrogens with two attached hydrogens (primary N) is 1. The number of aromatic nitrogens is 3. The molecular weight excluding hydrogens is 553 g/mol. The van der Waals surface area contributed by atoms with Gasteiger partial charge in [0, 0.05) is 0 Å². The fraction of sp³-hybridized carbons (Fsp3) is 0.519. The van der Waals surface area contributed by atoms with Crippen molar-refractivity contribution in [3.8, 4) is 5.75 Å². The van der Waals surface area contributed by atoms with Gasteiger partial charge in [0.15, 0.2) is 11.4 Å². The van der Waals surface area contributed by atoms with Crippen LogP contribution in [0.15, 0.2) is 42.7 Å². The van der Waals surface area contributed by atoms with Gasteiger partial charge in [0.25, 0.3) is 0 Å². The van der Waals surface area contributed by atoms with Crippen LogP contribution < -0.4 is 15.3 Å². The number of nitrogens with one attached hydrogen (secondary N) is 1. The first kappa shape index (κ1) is 29.4. The Bertz CT molecular complexity index is 1510. The van der Waals surface area contributed by atoms with Gasteiger partial charge in [-0.05, 0) is 56.0 Å². The van der Waals surface area contributed by atoms with Gasteiger partial charge in [-0.25, -0.2) is 14.1 Å². The van der Waals surface area contributed by atoms with Crippen LogP contribution in [-0.4, -0.2) is 66.8 Å². The van der Waals surface area contributed by atoms with Gasteiger partial charge in [-0.15, -0.1) is 0 Å². The van der Waals surface area contributed by atoms with Gasteiger partial charge < -0.3 is 29.9 Å². The SMILES string of the molecule is CCOC(=O)[C@H](C)NP(=O)(Oc1ccc(C(C)(C)C)cc1)OC1[C@@]2(C)O[C@@H](c3ccc4c(N)ncnn34)[C@H](O)[C@@]12O. The molecular formula is C27H36N5O8P. The zero-order valence-electron chi connectivity index (χ0n) is 23.8. The lowest BCUT2D eigenvalue weighted by molar-refractivity contribution is -0.144. The van der Waals surface area contributed by atoms with E-state index in [9.17, 15) is 19.6 Å². The predicted octanol–water partition coefficient (Wildman–Crippen LogP) is 2.66. The molecule has 2 fully saturated rings. The Morgan fingerprint density at radius 3 is 2.54 bits per heavy atom. The smallest absolute Gasteiger partial charge is 0.459 e. The van der Waals surface area contributed by atoms with Crippen LogP contribution in [0.3, 0.4) is 0 Å². The highest BCUT2D eigenvalue weighted by Gasteiger charge is 2.87. The quantitative estimate of drug-likeness (QED) is 0.212. The Hall–Kier alpha value is -3.06. The normalized spacial score (nSPS) is 29.5. The Morgan fingerprint density at radius 2 is 1.95 bits per heavy atom. The minimum atomic E-state index is -4.36. The summed E-state index contributed by atoms with van der Waals surface area (Å²) in [7, 11) is -4.36. The van der Waals surface area contributed by atoms with Crippen LogP contribution in [0, 0.1) is 0 Å². The van der Waals surface area contributed by atoms with Crippen LogP contribution in [0.5, 0.6) is 5.75 Å². The highest BCUT2D eigenvalue weighted by Crippen LogP contribution is 2.68. The maximum Gasteiger partial charge on any atom is 0.459 e. The van der Waals surface area contributed by atoms with E-state index in [0.717, 1.165) is 5.56 Å². The summed E-state index contributed by atoms with van der Waals surface area (Å²) >= 11 is 0. The molecule has 5 N–H and O–H groups in total. The van der Waals surface area contributed by atoms with Gasteiger partial charge in [0.2, 0.25) is 0 Å². The third-order valence-electron chi connectivity index (χ3n) is 7.71. The van der Waals surface area contributed by atoms with Gasteiger partial charge in [-0.3, -0.25) is 9.32 Å². The van der Waals surface area contributed by atoms with Crippen molar-refractivity contribution in [2.45, 2.75) is 82.5 Å². The Kier molecular flexibility index (Phi) is 7.21. The first-order chi connectivity index (χ1) is 19.1. The van der Waals surface area contributed by atoms with Crippen LogP contribution in [-0.2, 0) is 28.8 Å². The van der Waals surface area contributed by atoms with E-state index in [0.29, 0.717) is 11.2 Å². The average molecular weight is 590 g/mol. The van der Waals surface area contributed by atoms with Crippen molar-refractivity contribution in [3.05, 3.63) is 54.0 Å². The van der Waals surface area contributed by atoms with Crippen LogP contribution in [0.25, 0.3) is 5.52 Å². The molecule has 5 rings (SSSR count). The molecule has 0 radical (unpaired) electrons. The topological polar surface area (TPSA) is 180 Å². The number of benzene rings is 1. The number of aliphatic hydroxyl groups excluding tert-OH is 1. The number of carbonyl (C=O) groups excluding carboxylic acids is 1. The summed E-state index contributed by atoms with van der Waals surface area (Å²) in [6.07, 6.45) is -2.49. The fourth-order valence-corrected chi connectivity index (χ4v) is 7.02. The molecule has 1 aliphatic heterocycles. The minimum Gasteiger partial charge on any atom is -0.465 e. The van der Waals surface area contributed by atoms with Crippen LogP contribution >= 0.6 is 7.75 Å². The summed E-state index contributed by atoms with van der Waals surface area (Å²) in [6, 6.07) is 9.23. The molecule has 2 unspecified atom stereocenters. The molecule has 1 saturated carbocycles. The second kappa shape index (κ2) is 10.0. The van der Waals surface area contributed by atoms with Crippen molar-refractivity contribution in [1.29, 1.82) is 0 Å². The number of nitrogen functional groups attached to an aromatic ring is 1. The van der Waals surface area contributed by atoms with Crippen LogP contribution in [0.2, 0.25) is 0 Å². The molecule has 0 amide bonds. The molecule has 3 aromatic rings. The number of esters is 1. The third kappa shape index (κ3) is 4.90. The van der Waals surface area contributed by atoms with E-state index in [1.165, 1.54) is 24.7 Å². The molecule has 0 bridgehead atoms. The summed E-state index contributed by atoms with van der Waals surface area (Å²) < 4.78 is 38.5. The second-order valence-electron chi connectivity index (χ2n) is 11.6. The van der Waals surface area contributed by atoms with E-state index in [4.69, 9.17) is 24.3 Å². The first-order valence-electron chi connectivity index (χ1n) is 13.3. The number of anilines is 1. The number of hydrogen-bond acceptors (Lipinski definition) is 11. The van der Waals surface area contributed by atoms with E-state index >= 15 is 0 Å². The molecule has 14 heteroatoms. The molecule has 1 saturated heterocycles. The van der Waals surface area contributed by atoms with Crippen molar-refractivity contribution in [3.63, 3.8) is 0 Å². The standard InChI is InChI=1S/C27H36N5O8P/c1-7-37-23(34)15(2)31-41(36,39-17-10-8-16(9-11-17)25(3,4)5)40-24-26(6)27(24,35)21(33)20(38-26)18-12-13-19-22(28)29-14-30-32(18)19/h8-15,20-21,24,33,35H,7H2,1-6H3,(H,31,36)(H2,28,29,30)/t15-,20-,21-,24?,26+,27+,41?/m0/s1. The minimum absolute atomic E-state index is 0.119. The van der Waals surface area contributed by atoms with E-state index in [-0.39, 0.29) is 23.6 Å². The number of rotatable bonds is 9. The third-order valence-corrected chi connectivity index (χ3v) is 9.35. The zero-order chi connectivity index (χ0) is 30.0. The monoisotopic (exact) mass is 589 g/mol. The molecule has 41 heavy (non-hydrogen) atoms. The van der Waals surface area contributed by atoms with Gasteiger partial charge in [0.1, 0.15) is 47.5 Å². The van der Waals surface area contributed by atoms with Gasteiger partial charge in [-0.1, -0.05) is 32.9 Å². The van der Waals surface area contributed by atoms with Crippen molar-refractivity contribution in [2.24, 2.45) is 0 Å². The largest absolute Gasteiger partial charge is 0.465 e. The number of fused-ring (bicyclic) bond motifs is 2. The number of nitrogens with zero attached hydrogens (tertiary/aromatic N) is 3. The van der Waals surface area contributed by atoms with Gasteiger partial charge in [0.05, 0.1) is 12.3 Å². The fourth-order valence-electron chi connectivity index (χ4n) is 5.25. The molecule has 3 heterocycles. The lowest BCUT2D eigenvalue weighted by atomic mass is 9.87. The van der Waals surface area contributed by atoms with Crippen molar-refractivity contribution in [2.75, 3.05) is 12.3 Å². The molecule has 13 nitrogen and oxygen atoms in total. The van der Waals surface area contributed by atoms with Crippen LogP contribution in [0.4, 0.5) is 5.82 Å². The molecule has 2 aromatic heterocycles. The van der Waals surface area contributed by atoms with Gasteiger partial charge >= 0.3 is 13.7 Å². The lowest BCUT2D eigenvalue weighted by Crippen LogP contribution is -2.38. The number of hydrogen-bond donors (Lipinski definition) is 4. The summed E-state index contributed by atoms with van der Waals surface area (Å²) in [5.74, 6) is -0.212. The summed E-state index contributed by atoms with van der Waals surface area (Å²) in [5.41, 5.74) is 4.36. The van der Waals surface area contributed by atoms with Crippen LogP contribution in [0.1, 0.15) is 58.9 Å². The highest BCUT2D eigenvalue weighted by atomic mass is 31.2. The number of ether oxygens (including phenoxy) is 2. The Morgan fingerprint density at radius 1 is 1.27 bits per heavy atom. The molecule has 222 valence electrons. The number of carbonyl (C=O) groups is 1. The Labute approximate surface area is 237 Å². The summed E-state index contributed by atoms with van der Waals surface area (Å²) in [5, 5.41) is 29.6. The maximum absolute atomic E-state index is 14.1. The van der Waals surface area contributed by atoms with E-state index < -0.39 is 49.3 Å². The second-order valence-corrected chi connectivity index (χ2v) is 13.2. The highest BCUT2D eigenvalue weighted by molar-refractivity contribution is 7.52. The molecule has 7 atom stereocenters. The summed E-state index contributed by atoms with van der Waals surface area (Å²) in [6.45, 7) is 10.9. The van der Waals surface area contributed by atoms with E-state index in [1.807, 2.05) is 12.1 Å². The Balaban J connectivity index is 1.40. The predicted molar refractivity (Wildman–Crippen MR) is 148 cm³/mol. The average Bonchev–Trinajstić information content (AvgIpc) is 3.18. The number of aliphatic hydroxyl groups is 2. The van der Waals surface area contributed by atoms with Gasteiger partial charge in [-0.2, -0.15) is 10.2 Å².